The van der Waals surface area contributed by atoms with Crippen LogP contribution in [0.2, 0.25) is 0 Å². The van der Waals surface area contributed by atoms with Gasteiger partial charge in [-0.25, -0.2) is 13.1 Å². The van der Waals surface area contributed by atoms with Crippen molar-refractivity contribution in [2.75, 3.05) is 20.3 Å². The van der Waals surface area contributed by atoms with Crippen LogP contribution in [0.1, 0.15) is 24.0 Å². The lowest BCUT2D eigenvalue weighted by Crippen LogP contribution is -2.26. The van der Waals surface area contributed by atoms with Crippen molar-refractivity contribution in [3.63, 3.8) is 0 Å². The first kappa shape index (κ1) is 15.6. The molecule has 0 aromatic heterocycles. The second-order valence-corrected chi connectivity index (χ2v) is 5.97. The summed E-state index contributed by atoms with van der Waals surface area (Å²) in [4.78, 5) is 0. The number of hydrogen-bond acceptors (Lipinski definition) is 4. The molecule has 1 aromatic rings. The molecule has 0 aliphatic heterocycles. The average Bonchev–Trinajstić information content (AvgIpc) is 2.39. The van der Waals surface area contributed by atoms with E-state index in [-0.39, 0.29) is 5.75 Å². The number of nitrogens with one attached hydrogen (secondary N) is 1. The summed E-state index contributed by atoms with van der Waals surface area (Å²) in [7, 11) is -1.70. The van der Waals surface area contributed by atoms with Gasteiger partial charge in [0.2, 0.25) is 10.0 Å². The van der Waals surface area contributed by atoms with E-state index in [1.165, 1.54) is 0 Å². The molecule has 0 radical (unpaired) electrons. The van der Waals surface area contributed by atoms with E-state index in [0.29, 0.717) is 24.3 Å². The first-order valence-electron chi connectivity index (χ1n) is 6.03. The van der Waals surface area contributed by atoms with E-state index in [2.05, 4.69) is 4.72 Å². The number of methoxy groups -OCH3 is 1. The van der Waals surface area contributed by atoms with Gasteiger partial charge in [0.05, 0.1) is 17.4 Å². The Hall–Kier alpha value is -1.42. The first-order valence-corrected chi connectivity index (χ1v) is 7.68. The summed E-state index contributed by atoms with van der Waals surface area (Å²) in [5, 5.41) is 8.66. The number of benzene rings is 1. The Morgan fingerprint density at radius 2 is 1.95 bits per heavy atom. The summed E-state index contributed by atoms with van der Waals surface area (Å²) in [6.45, 7) is 1.05. The van der Waals surface area contributed by atoms with E-state index in [9.17, 15) is 8.42 Å². The van der Waals surface area contributed by atoms with Crippen LogP contribution >= 0.6 is 0 Å². The molecule has 0 aliphatic rings. The summed E-state index contributed by atoms with van der Waals surface area (Å²) in [5.41, 5.74) is 1.19. The largest absolute Gasteiger partial charge is 0.385 e. The predicted molar refractivity (Wildman–Crippen MR) is 72.9 cm³/mol. The molecule has 0 atom stereocenters. The number of unbranched alkanes of at least 4 members (excludes halogenated alkanes) is 1. The number of nitrogens with zero attached hydrogens (tertiary/aromatic N) is 1. The third-order valence-corrected chi connectivity index (χ3v) is 3.89. The average molecular weight is 282 g/mol. The van der Waals surface area contributed by atoms with Gasteiger partial charge in [-0.1, -0.05) is 12.1 Å². The van der Waals surface area contributed by atoms with E-state index in [1.54, 1.807) is 31.4 Å². The summed E-state index contributed by atoms with van der Waals surface area (Å²) < 4.78 is 31.0. The molecule has 0 unspecified atom stereocenters. The highest BCUT2D eigenvalue weighted by atomic mass is 32.2. The molecule has 1 aromatic carbocycles. The maximum absolute atomic E-state index is 11.8. The molecular formula is C13H18N2O3S. The lowest BCUT2D eigenvalue weighted by molar-refractivity contribution is 0.193. The van der Waals surface area contributed by atoms with E-state index in [1.807, 2.05) is 6.07 Å². The van der Waals surface area contributed by atoms with Crippen LogP contribution in [0.5, 0.6) is 0 Å². The molecule has 0 bridgehead atoms. The van der Waals surface area contributed by atoms with E-state index in [4.69, 9.17) is 10.00 Å². The molecule has 1 N–H and O–H groups in total. The lowest BCUT2D eigenvalue weighted by Gasteiger charge is -2.06. The summed E-state index contributed by atoms with van der Waals surface area (Å²) in [5.74, 6) is -0.0665. The molecule has 0 amide bonds. The SMILES string of the molecule is COCCCCNS(=O)(=O)Cc1ccc(C#N)cc1. The van der Waals surface area contributed by atoms with E-state index in [0.717, 1.165) is 12.8 Å². The predicted octanol–water partition coefficient (Wildman–Crippen LogP) is 1.40. The molecule has 0 saturated carbocycles. The zero-order chi connectivity index (χ0) is 14.1. The van der Waals surface area contributed by atoms with Crippen LogP contribution in [0.25, 0.3) is 0 Å². The van der Waals surface area contributed by atoms with Crippen LogP contribution in [0, 0.1) is 11.3 Å². The molecule has 5 nitrogen and oxygen atoms in total. The van der Waals surface area contributed by atoms with Gasteiger partial charge in [0.25, 0.3) is 0 Å². The standard InChI is InChI=1S/C13H18N2O3S/c1-18-9-3-2-8-15-19(16,17)11-13-6-4-12(10-14)5-7-13/h4-7,15H,2-3,8-9,11H2,1H3. The van der Waals surface area contributed by atoms with Gasteiger partial charge in [-0.05, 0) is 30.5 Å². The third kappa shape index (κ3) is 6.34. The van der Waals surface area contributed by atoms with Crippen molar-refractivity contribution in [3.8, 4) is 6.07 Å². The van der Waals surface area contributed by atoms with Gasteiger partial charge in [0.15, 0.2) is 0 Å². The molecule has 0 spiro atoms. The molecule has 0 heterocycles. The first-order chi connectivity index (χ1) is 9.07. The Morgan fingerprint density at radius 3 is 2.53 bits per heavy atom. The zero-order valence-corrected chi connectivity index (χ0v) is 11.7. The van der Waals surface area contributed by atoms with Crippen LogP contribution in [0.3, 0.4) is 0 Å². The number of rotatable bonds is 8. The Balaban J connectivity index is 2.43. The fourth-order valence-electron chi connectivity index (χ4n) is 1.55. The number of hydrogen-bond donors (Lipinski definition) is 1. The zero-order valence-electron chi connectivity index (χ0n) is 10.9. The highest BCUT2D eigenvalue weighted by molar-refractivity contribution is 7.88. The summed E-state index contributed by atoms with van der Waals surface area (Å²) in [6.07, 6.45) is 1.58. The number of sulfonamides is 1. The van der Waals surface area contributed by atoms with Gasteiger partial charge in [-0.3, -0.25) is 0 Å². The summed E-state index contributed by atoms with van der Waals surface area (Å²) >= 11 is 0. The van der Waals surface area contributed by atoms with Crippen molar-refractivity contribution in [3.05, 3.63) is 35.4 Å². The van der Waals surface area contributed by atoms with Gasteiger partial charge < -0.3 is 4.74 Å². The van der Waals surface area contributed by atoms with Crippen LogP contribution in [0.15, 0.2) is 24.3 Å². The molecule has 6 heteroatoms. The van der Waals surface area contributed by atoms with Crippen LogP contribution in [0.4, 0.5) is 0 Å². The molecule has 1 rings (SSSR count). The normalized spacial score (nSPS) is 11.2. The molecule has 0 aliphatic carbocycles. The summed E-state index contributed by atoms with van der Waals surface area (Å²) in [6, 6.07) is 8.53. The van der Waals surface area contributed by atoms with Crippen molar-refractivity contribution >= 4 is 10.0 Å². The topological polar surface area (TPSA) is 79.2 Å². The monoisotopic (exact) mass is 282 g/mol. The van der Waals surface area contributed by atoms with Gasteiger partial charge in [0, 0.05) is 20.3 Å². The molecular weight excluding hydrogens is 264 g/mol. The minimum Gasteiger partial charge on any atom is -0.385 e. The van der Waals surface area contributed by atoms with Crippen molar-refractivity contribution in [2.24, 2.45) is 0 Å². The van der Waals surface area contributed by atoms with Crippen LogP contribution in [-0.4, -0.2) is 28.7 Å². The smallest absolute Gasteiger partial charge is 0.215 e. The second-order valence-electron chi connectivity index (χ2n) is 4.16. The van der Waals surface area contributed by atoms with E-state index < -0.39 is 10.0 Å². The van der Waals surface area contributed by atoms with Crippen molar-refractivity contribution in [2.45, 2.75) is 18.6 Å². The molecule has 19 heavy (non-hydrogen) atoms. The fraction of sp³-hybridized carbons (Fsp3) is 0.462. The Bertz CT molecular complexity index is 518. The van der Waals surface area contributed by atoms with Crippen LogP contribution in [-0.2, 0) is 20.5 Å². The third-order valence-electron chi connectivity index (χ3n) is 2.54. The minimum atomic E-state index is -3.32. The maximum Gasteiger partial charge on any atom is 0.215 e. The number of ether oxygens (including phenoxy) is 1. The highest BCUT2D eigenvalue weighted by Gasteiger charge is 2.10. The number of nitriles is 1. The Labute approximate surface area is 114 Å². The van der Waals surface area contributed by atoms with Gasteiger partial charge >= 0.3 is 0 Å². The Morgan fingerprint density at radius 1 is 1.26 bits per heavy atom. The van der Waals surface area contributed by atoms with Crippen molar-refractivity contribution in [1.29, 1.82) is 5.26 Å². The van der Waals surface area contributed by atoms with Gasteiger partial charge in [-0.15, -0.1) is 0 Å². The van der Waals surface area contributed by atoms with Crippen molar-refractivity contribution in [1.82, 2.24) is 4.72 Å². The van der Waals surface area contributed by atoms with E-state index >= 15 is 0 Å². The minimum absolute atomic E-state index is 0.0665. The second kappa shape index (κ2) is 7.89. The van der Waals surface area contributed by atoms with Gasteiger partial charge in [0.1, 0.15) is 0 Å². The van der Waals surface area contributed by atoms with Crippen LogP contribution < -0.4 is 4.72 Å². The molecule has 104 valence electrons. The molecule has 0 saturated heterocycles. The van der Waals surface area contributed by atoms with Gasteiger partial charge in [-0.2, -0.15) is 5.26 Å². The highest BCUT2D eigenvalue weighted by Crippen LogP contribution is 2.07. The maximum atomic E-state index is 11.8. The quantitative estimate of drug-likeness (QED) is 0.731. The Kier molecular flexibility index (Phi) is 6.50. The van der Waals surface area contributed by atoms with Crippen molar-refractivity contribution < 1.29 is 13.2 Å². The molecule has 0 fully saturated rings. The lowest BCUT2D eigenvalue weighted by atomic mass is 10.2. The fourth-order valence-corrected chi connectivity index (χ4v) is 2.73.